The molecule has 0 aliphatic carbocycles. The Morgan fingerprint density at radius 3 is 2.13 bits per heavy atom. The Kier molecular flexibility index (Phi) is 6.86. The number of nitrogens with zero attached hydrogens (tertiary/aromatic N) is 2. The van der Waals surface area contributed by atoms with E-state index in [9.17, 15) is 9.59 Å². The average molecular weight is 420 g/mol. The van der Waals surface area contributed by atoms with Crippen LogP contribution in [0.3, 0.4) is 0 Å². The summed E-state index contributed by atoms with van der Waals surface area (Å²) >= 11 is 0. The monoisotopic (exact) mass is 419 g/mol. The molecule has 4 rings (SSSR count). The van der Waals surface area contributed by atoms with Crippen LogP contribution in [0, 0.1) is 0 Å². The fraction of sp³-hybridized carbons (Fsp3) is 0.292. The number of piperazine rings is 1. The molecule has 31 heavy (non-hydrogen) atoms. The van der Waals surface area contributed by atoms with Gasteiger partial charge in [0.25, 0.3) is 11.5 Å². The van der Waals surface area contributed by atoms with Crippen molar-refractivity contribution >= 4 is 5.91 Å². The number of carbonyl (C=O) groups excluding carboxylic acids is 1. The maximum absolute atomic E-state index is 12.5. The van der Waals surface area contributed by atoms with Crippen molar-refractivity contribution in [3.8, 4) is 0 Å². The SMILES string of the molecule is O=C(c1ccc(=O)[nH]n1)N1CC[NH+](CCOC(c2ccccc2)c2ccccc2)CC1. The highest BCUT2D eigenvalue weighted by Gasteiger charge is 2.25. The summed E-state index contributed by atoms with van der Waals surface area (Å²) in [5.41, 5.74) is 2.26. The number of amides is 1. The maximum atomic E-state index is 12.5. The van der Waals surface area contributed by atoms with E-state index in [0.29, 0.717) is 19.7 Å². The molecule has 1 aliphatic rings. The van der Waals surface area contributed by atoms with E-state index in [2.05, 4.69) is 34.5 Å². The quantitative estimate of drug-likeness (QED) is 0.597. The molecule has 3 aromatic rings. The Labute approximate surface area is 181 Å². The van der Waals surface area contributed by atoms with Crippen LogP contribution in [0.15, 0.2) is 77.6 Å². The highest BCUT2D eigenvalue weighted by atomic mass is 16.5. The highest BCUT2D eigenvalue weighted by Crippen LogP contribution is 2.25. The molecule has 7 heteroatoms. The summed E-state index contributed by atoms with van der Waals surface area (Å²) in [7, 11) is 0. The summed E-state index contributed by atoms with van der Waals surface area (Å²) in [4.78, 5) is 26.9. The zero-order chi connectivity index (χ0) is 21.5. The van der Waals surface area contributed by atoms with Crippen LogP contribution in [0.1, 0.15) is 27.7 Å². The summed E-state index contributed by atoms with van der Waals surface area (Å²) < 4.78 is 6.33. The predicted octanol–water partition coefficient (Wildman–Crippen LogP) is 0.917. The largest absolute Gasteiger partial charge is 0.363 e. The van der Waals surface area contributed by atoms with Crippen molar-refractivity contribution < 1.29 is 14.4 Å². The molecule has 7 nitrogen and oxygen atoms in total. The molecule has 1 aromatic heterocycles. The van der Waals surface area contributed by atoms with Crippen molar-refractivity contribution in [2.24, 2.45) is 0 Å². The Morgan fingerprint density at radius 1 is 0.968 bits per heavy atom. The van der Waals surface area contributed by atoms with Crippen LogP contribution in [0.25, 0.3) is 0 Å². The van der Waals surface area contributed by atoms with Crippen molar-refractivity contribution in [1.82, 2.24) is 15.1 Å². The summed E-state index contributed by atoms with van der Waals surface area (Å²) in [5, 5.41) is 6.16. The van der Waals surface area contributed by atoms with Gasteiger partial charge in [0.15, 0.2) is 0 Å². The lowest BCUT2D eigenvalue weighted by Gasteiger charge is -2.32. The minimum atomic E-state index is -0.310. The van der Waals surface area contributed by atoms with Gasteiger partial charge >= 0.3 is 0 Å². The molecule has 0 saturated carbocycles. The second-order valence-corrected chi connectivity index (χ2v) is 7.67. The number of aromatic nitrogens is 2. The van der Waals surface area contributed by atoms with Gasteiger partial charge in [0.2, 0.25) is 0 Å². The second-order valence-electron chi connectivity index (χ2n) is 7.67. The van der Waals surface area contributed by atoms with E-state index in [-0.39, 0.29) is 23.3 Å². The Balaban J connectivity index is 1.29. The van der Waals surface area contributed by atoms with Crippen molar-refractivity contribution in [1.29, 1.82) is 0 Å². The number of quaternary nitrogens is 1. The molecule has 2 aromatic carbocycles. The standard InChI is InChI=1S/C24H26N4O3/c29-22-12-11-21(25-26-22)24(30)28-15-13-27(14-16-28)17-18-31-23(19-7-3-1-4-8-19)20-9-5-2-6-10-20/h1-12,23H,13-18H2,(H,26,29)/p+1. The molecule has 1 aliphatic heterocycles. The van der Waals surface area contributed by atoms with E-state index in [0.717, 1.165) is 30.8 Å². The van der Waals surface area contributed by atoms with Crippen LogP contribution in [0.5, 0.6) is 0 Å². The van der Waals surface area contributed by atoms with Gasteiger partial charge in [0.05, 0.1) is 32.8 Å². The highest BCUT2D eigenvalue weighted by molar-refractivity contribution is 5.92. The van der Waals surface area contributed by atoms with Gasteiger partial charge in [-0.1, -0.05) is 60.7 Å². The van der Waals surface area contributed by atoms with E-state index in [4.69, 9.17) is 4.74 Å². The predicted molar refractivity (Wildman–Crippen MR) is 117 cm³/mol. The lowest BCUT2D eigenvalue weighted by atomic mass is 10.0. The first kappa shape index (κ1) is 21.0. The first-order valence-corrected chi connectivity index (χ1v) is 10.6. The van der Waals surface area contributed by atoms with Crippen molar-refractivity contribution in [2.75, 3.05) is 39.3 Å². The molecule has 0 spiro atoms. The Bertz CT molecular complexity index is 971. The normalized spacial score (nSPS) is 14.7. The van der Waals surface area contributed by atoms with Gasteiger partial charge in [0, 0.05) is 6.07 Å². The minimum Gasteiger partial charge on any atom is -0.363 e. The fourth-order valence-corrected chi connectivity index (χ4v) is 3.86. The van der Waals surface area contributed by atoms with Crippen LogP contribution >= 0.6 is 0 Å². The molecule has 2 heterocycles. The van der Waals surface area contributed by atoms with E-state index in [1.807, 2.05) is 36.4 Å². The summed E-state index contributed by atoms with van der Waals surface area (Å²) in [6.45, 7) is 4.57. The summed E-state index contributed by atoms with van der Waals surface area (Å²) in [6.07, 6.45) is -0.0871. The van der Waals surface area contributed by atoms with Crippen LogP contribution < -0.4 is 10.5 Å². The van der Waals surface area contributed by atoms with Crippen molar-refractivity contribution in [3.05, 3.63) is 100.0 Å². The first-order valence-electron chi connectivity index (χ1n) is 10.6. The van der Waals surface area contributed by atoms with Gasteiger partial charge in [-0.05, 0) is 17.2 Å². The van der Waals surface area contributed by atoms with E-state index < -0.39 is 0 Å². The number of hydrogen-bond donors (Lipinski definition) is 2. The van der Waals surface area contributed by atoms with Crippen LogP contribution in [-0.2, 0) is 4.74 Å². The topological polar surface area (TPSA) is 79.7 Å². The number of H-pyrrole nitrogens is 1. The molecule has 1 fully saturated rings. The Hall–Kier alpha value is -3.29. The molecule has 1 saturated heterocycles. The van der Waals surface area contributed by atoms with E-state index >= 15 is 0 Å². The summed E-state index contributed by atoms with van der Waals surface area (Å²) in [6, 6.07) is 23.4. The smallest absolute Gasteiger partial charge is 0.274 e. The molecule has 0 atom stereocenters. The molecule has 160 valence electrons. The van der Waals surface area contributed by atoms with Crippen LogP contribution in [-0.4, -0.2) is 60.3 Å². The number of benzene rings is 2. The second kappa shape index (κ2) is 10.1. The number of rotatable bonds is 7. The van der Waals surface area contributed by atoms with E-state index in [1.54, 1.807) is 4.90 Å². The lowest BCUT2D eigenvalue weighted by Crippen LogP contribution is -3.15. The third kappa shape index (κ3) is 5.45. The van der Waals surface area contributed by atoms with Crippen molar-refractivity contribution in [3.63, 3.8) is 0 Å². The van der Waals surface area contributed by atoms with Gasteiger partial charge in [-0.25, -0.2) is 5.10 Å². The Morgan fingerprint density at radius 2 is 1.58 bits per heavy atom. The molecule has 0 radical (unpaired) electrons. The van der Waals surface area contributed by atoms with Gasteiger partial charge in [-0.2, -0.15) is 5.10 Å². The lowest BCUT2D eigenvalue weighted by molar-refractivity contribution is -0.904. The number of hydrogen-bond acceptors (Lipinski definition) is 4. The summed E-state index contributed by atoms with van der Waals surface area (Å²) in [5.74, 6) is -0.139. The van der Waals surface area contributed by atoms with Gasteiger partial charge in [-0.3, -0.25) is 9.59 Å². The number of carbonyl (C=O) groups is 1. The average Bonchev–Trinajstić information content (AvgIpc) is 2.83. The molecular weight excluding hydrogens is 392 g/mol. The van der Waals surface area contributed by atoms with Crippen LogP contribution in [0.2, 0.25) is 0 Å². The third-order valence-corrected chi connectivity index (χ3v) is 5.60. The van der Waals surface area contributed by atoms with Gasteiger partial charge in [0.1, 0.15) is 18.3 Å². The fourth-order valence-electron chi connectivity index (χ4n) is 3.86. The number of aromatic amines is 1. The minimum absolute atomic E-state index is 0.0871. The number of ether oxygens (including phenoxy) is 1. The molecule has 0 bridgehead atoms. The molecule has 1 amide bonds. The molecule has 2 N–H and O–H groups in total. The van der Waals surface area contributed by atoms with Crippen molar-refractivity contribution in [2.45, 2.75) is 6.10 Å². The zero-order valence-electron chi connectivity index (χ0n) is 17.4. The number of nitrogens with one attached hydrogen (secondary N) is 2. The van der Waals surface area contributed by atoms with Gasteiger partial charge in [-0.15, -0.1) is 0 Å². The maximum Gasteiger partial charge on any atom is 0.274 e. The third-order valence-electron chi connectivity index (χ3n) is 5.60. The van der Waals surface area contributed by atoms with Crippen LogP contribution in [0.4, 0.5) is 0 Å². The van der Waals surface area contributed by atoms with E-state index in [1.165, 1.54) is 17.0 Å². The van der Waals surface area contributed by atoms with Gasteiger partial charge < -0.3 is 14.5 Å². The molecule has 0 unspecified atom stereocenters. The first-order chi connectivity index (χ1) is 15.2. The zero-order valence-corrected chi connectivity index (χ0v) is 17.4. The molecular formula is C24H27N4O3+.